The van der Waals surface area contributed by atoms with Crippen molar-refractivity contribution < 1.29 is 9.60 Å². The quantitative estimate of drug-likeness (QED) is 0.457. The highest BCUT2D eigenvalue weighted by atomic mass is 16.5. The Labute approximate surface area is 99.4 Å². The second kappa shape index (κ2) is 5.12. The van der Waals surface area contributed by atoms with Gasteiger partial charge in [-0.2, -0.15) is 0 Å². The fraction of sp³-hybridized carbons (Fsp3) is 0.0769. The summed E-state index contributed by atoms with van der Waals surface area (Å²) in [5.41, 5.74) is 0.993. The Kier molecular flexibility index (Phi) is 3.35. The highest BCUT2D eigenvalue weighted by molar-refractivity contribution is 5.50. The van der Waals surface area contributed by atoms with Gasteiger partial charge in [0.2, 0.25) is 5.69 Å². The summed E-state index contributed by atoms with van der Waals surface area (Å²) >= 11 is 0. The molecule has 0 heterocycles. The molecule has 0 amide bonds. The van der Waals surface area contributed by atoms with E-state index in [9.17, 15) is 5.21 Å². The lowest BCUT2D eigenvalue weighted by molar-refractivity contribution is -0.435. The van der Waals surface area contributed by atoms with Crippen LogP contribution < -0.4 is 4.74 Å². The molecule has 86 valence electrons. The van der Waals surface area contributed by atoms with Crippen molar-refractivity contribution in [2.24, 2.45) is 5.11 Å². The van der Waals surface area contributed by atoms with Gasteiger partial charge in [-0.3, -0.25) is 0 Å². The zero-order valence-electron chi connectivity index (χ0n) is 9.41. The van der Waals surface area contributed by atoms with Gasteiger partial charge in [0.25, 0.3) is 0 Å². The van der Waals surface area contributed by atoms with Gasteiger partial charge in [-0.25, -0.2) is 0 Å². The van der Waals surface area contributed by atoms with E-state index in [0.717, 1.165) is 0 Å². The van der Waals surface area contributed by atoms with E-state index >= 15 is 0 Å². The van der Waals surface area contributed by atoms with Crippen LogP contribution in [0, 0.1) is 5.21 Å². The van der Waals surface area contributed by atoms with Gasteiger partial charge in [-0.15, -0.1) is 0 Å². The molecular weight excluding hydrogens is 216 g/mol. The van der Waals surface area contributed by atoms with Crippen LogP contribution in [0.4, 0.5) is 11.4 Å². The minimum absolute atomic E-state index is 0.485. The standard InChI is InChI=1S/C13H12N2O2/c1-17-13-10-6-5-9-12(13)14-15(16)11-7-3-2-4-8-11/h2-10H,1H3. The third-order valence-electron chi connectivity index (χ3n) is 2.26. The molecule has 0 spiro atoms. The molecule has 0 saturated heterocycles. The topological polar surface area (TPSA) is 47.7 Å². The van der Waals surface area contributed by atoms with E-state index in [0.29, 0.717) is 22.0 Å². The summed E-state index contributed by atoms with van der Waals surface area (Å²) in [6.45, 7) is 0. The maximum Gasteiger partial charge on any atom is 0.244 e. The number of rotatable bonds is 3. The Hall–Kier alpha value is -2.36. The fourth-order valence-corrected chi connectivity index (χ4v) is 1.42. The normalized spacial score (nSPS) is 11.2. The summed E-state index contributed by atoms with van der Waals surface area (Å²) in [6, 6.07) is 16.0. The minimum atomic E-state index is 0.485. The van der Waals surface area contributed by atoms with Crippen LogP contribution in [-0.2, 0) is 0 Å². The summed E-state index contributed by atoms with van der Waals surface area (Å²) in [5, 5.41) is 15.7. The highest BCUT2D eigenvalue weighted by Gasteiger charge is 2.06. The van der Waals surface area contributed by atoms with E-state index < -0.39 is 0 Å². The van der Waals surface area contributed by atoms with Crippen LogP contribution in [0.25, 0.3) is 0 Å². The van der Waals surface area contributed by atoms with Crippen LogP contribution in [0.1, 0.15) is 0 Å². The Morgan fingerprint density at radius 2 is 1.65 bits per heavy atom. The maximum absolute atomic E-state index is 11.8. The van der Waals surface area contributed by atoms with Gasteiger partial charge >= 0.3 is 0 Å². The summed E-state index contributed by atoms with van der Waals surface area (Å²) in [5.74, 6) is 0.573. The molecule has 4 heteroatoms. The van der Waals surface area contributed by atoms with Gasteiger partial charge in [-0.05, 0) is 17.0 Å². The first-order valence-corrected chi connectivity index (χ1v) is 5.18. The van der Waals surface area contributed by atoms with Gasteiger partial charge in [0, 0.05) is 17.2 Å². The number of para-hydroxylation sites is 2. The first-order valence-electron chi connectivity index (χ1n) is 5.18. The van der Waals surface area contributed by atoms with Gasteiger partial charge in [0.05, 0.1) is 7.11 Å². The molecule has 0 aliphatic rings. The highest BCUT2D eigenvalue weighted by Crippen LogP contribution is 2.27. The summed E-state index contributed by atoms with van der Waals surface area (Å²) in [6.07, 6.45) is 0. The van der Waals surface area contributed by atoms with Crippen molar-refractivity contribution in [1.82, 2.24) is 0 Å². The van der Waals surface area contributed by atoms with Crippen LogP contribution in [0.3, 0.4) is 0 Å². The van der Waals surface area contributed by atoms with Crippen LogP contribution in [0.2, 0.25) is 0 Å². The second-order valence-corrected chi connectivity index (χ2v) is 3.38. The third-order valence-corrected chi connectivity index (χ3v) is 2.26. The van der Waals surface area contributed by atoms with E-state index in [1.54, 1.807) is 49.6 Å². The Bertz CT molecular complexity index is 524. The molecule has 0 saturated carbocycles. The smallest absolute Gasteiger partial charge is 0.244 e. The minimum Gasteiger partial charge on any atom is -0.594 e. The summed E-state index contributed by atoms with van der Waals surface area (Å²) in [7, 11) is 1.55. The average Bonchev–Trinajstić information content (AvgIpc) is 2.40. The SMILES string of the molecule is COc1ccccc1N=[N+]([O-])c1ccccc1. The van der Waals surface area contributed by atoms with Crippen molar-refractivity contribution >= 4 is 11.4 Å². The first-order chi connectivity index (χ1) is 8.31. The van der Waals surface area contributed by atoms with Crippen molar-refractivity contribution in [3.05, 3.63) is 59.8 Å². The Morgan fingerprint density at radius 3 is 2.35 bits per heavy atom. The molecule has 4 nitrogen and oxygen atoms in total. The molecular formula is C13H12N2O2. The second-order valence-electron chi connectivity index (χ2n) is 3.38. The number of hydrogen-bond acceptors (Lipinski definition) is 3. The molecule has 0 atom stereocenters. The zero-order chi connectivity index (χ0) is 12.1. The fourth-order valence-electron chi connectivity index (χ4n) is 1.42. The van der Waals surface area contributed by atoms with Crippen molar-refractivity contribution in [3.63, 3.8) is 0 Å². The van der Waals surface area contributed by atoms with Crippen molar-refractivity contribution in [2.45, 2.75) is 0 Å². The molecule has 0 aliphatic carbocycles. The summed E-state index contributed by atoms with van der Waals surface area (Å²) < 4.78 is 5.12. The van der Waals surface area contributed by atoms with E-state index in [1.807, 2.05) is 12.1 Å². The van der Waals surface area contributed by atoms with Gasteiger partial charge in [0.15, 0.2) is 11.4 Å². The molecule has 0 aromatic heterocycles. The van der Waals surface area contributed by atoms with Gasteiger partial charge < -0.3 is 9.94 Å². The van der Waals surface area contributed by atoms with Crippen molar-refractivity contribution in [2.75, 3.05) is 7.11 Å². The van der Waals surface area contributed by atoms with Gasteiger partial charge in [0.1, 0.15) is 0 Å². The molecule has 2 aromatic rings. The zero-order valence-corrected chi connectivity index (χ0v) is 9.41. The molecule has 2 rings (SSSR count). The van der Waals surface area contributed by atoms with Crippen LogP contribution >= 0.6 is 0 Å². The molecule has 17 heavy (non-hydrogen) atoms. The molecule has 0 N–H and O–H groups in total. The van der Waals surface area contributed by atoms with Crippen molar-refractivity contribution in [1.29, 1.82) is 0 Å². The predicted molar refractivity (Wildman–Crippen MR) is 64.8 cm³/mol. The maximum atomic E-state index is 11.8. The largest absolute Gasteiger partial charge is 0.594 e. The number of benzene rings is 2. The molecule has 0 unspecified atom stereocenters. The number of azo groups is 1. The van der Waals surface area contributed by atoms with E-state index in [4.69, 9.17) is 4.74 Å². The molecule has 0 aliphatic heterocycles. The summed E-state index contributed by atoms with van der Waals surface area (Å²) in [4.78, 5) is 0.581. The lowest BCUT2D eigenvalue weighted by Crippen LogP contribution is -1.91. The van der Waals surface area contributed by atoms with E-state index in [2.05, 4.69) is 5.11 Å². The molecule has 0 fully saturated rings. The van der Waals surface area contributed by atoms with E-state index in [1.165, 1.54) is 0 Å². The lowest BCUT2D eigenvalue weighted by atomic mass is 10.3. The molecule has 0 bridgehead atoms. The number of nitrogens with zero attached hydrogens (tertiary/aromatic N) is 2. The number of methoxy groups -OCH3 is 1. The van der Waals surface area contributed by atoms with E-state index in [-0.39, 0.29) is 0 Å². The van der Waals surface area contributed by atoms with Gasteiger partial charge in [-0.1, -0.05) is 30.3 Å². The lowest BCUT2D eigenvalue weighted by Gasteiger charge is -2.03. The van der Waals surface area contributed by atoms with Crippen LogP contribution in [0.15, 0.2) is 59.7 Å². The average molecular weight is 228 g/mol. The molecule has 0 radical (unpaired) electrons. The monoisotopic (exact) mass is 228 g/mol. The predicted octanol–water partition coefficient (Wildman–Crippen LogP) is 3.62. The number of hydrogen-bond donors (Lipinski definition) is 0. The van der Waals surface area contributed by atoms with Crippen LogP contribution in [0.5, 0.6) is 5.75 Å². The molecule has 2 aromatic carbocycles. The number of ether oxygens (including phenoxy) is 1. The third kappa shape index (κ3) is 2.60. The van der Waals surface area contributed by atoms with Crippen molar-refractivity contribution in [3.8, 4) is 5.75 Å². The first kappa shape index (κ1) is 11.1. The Balaban J connectivity index is 2.36. The van der Waals surface area contributed by atoms with Crippen LogP contribution in [-0.4, -0.2) is 12.0 Å². The Morgan fingerprint density at radius 1 is 1.00 bits per heavy atom.